The molecule has 0 saturated heterocycles. The Bertz CT molecular complexity index is 372. The molecule has 108 valence electrons. The van der Waals surface area contributed by atoms with Crippen molar-refractivity contribution in [2.24, 2.45) is 0 Å². The van der Waals surface area contributed by atoms with E-state index < -0.39 is 6.43 Å². The van der Waals surface area contributed by atoms with Crippen LogP contribution in [0, 0.1) is 0 Å². The van der Waals surface area contributed by atoms with Crippen LogP contribution < -0.4 is 11.1 Å². The fourth-order valence-corrected chi connectivity index (χ4v) is 1.67. The molecule has 0 spiro atoms. The third-order valence-electron chi connectivity index (χ3n) is 2.73. The van der Waals surface area contributed by atoms with Crippen LogP contribution >= 0.6 is 0 Å². The number of halogens is 2. The van der Waals surface area contributed by atoms with E-state index in [-0.39, 0.29) is 5.56 Å². The van der Waals surface area contributed by atoms with Gasteiger partial charge in [-0.25, -0.2) is 8.78 Å². The number of unbranched alkanes of at least 4 members (excludes halogenated alkanes) is 1. The molecule has 3 N–H and O–H groups in total. The van der Waals surface area contributed by atoms with Gasteiger partial charge < -0.3 is 15.8 Å². The smallest absolute Gasteiger partial charge is 0.265 e. The number of rotatable bonds is 9. The largest absolute Gasteiger partial charge is 0.399 e. The summed E-state index contributed by atoms with van der Waals surface area (Å²) in [4.78, 5) is 0. The molecule has 0 aliphatic rings. The number of nitrogen functional groups attached to an aromatic ring is 1. The highest BCUT2D eigenvalue weighted by molar-refractivity contribution is 5.58. The second-order valence-corrected chi connectivity index (χ2v) is 4.39. The van der Waals surface area contributed by atoms with Gasteiger partial charge in [0.25, 0.3) is 6.43 Å². The quantitative estimate of drug-likeness (QED) is 0.530. The number of ether oxygens (including phenoxy) is 1. The number of hydrogen-bond donors (Lipinski definition) is 2. The first-order chi connectivity index (χ1) is 9.15. The van der Waals surface area contributed by atoms with Gasteiger partial charge in [0.15, 0.2) is 0 Å². The molecule has 0 bridgehead atoms. The van der Waals surface area contributed by atoms with E-state index >= 15 is 0 Å². The van der Waals surface area contributed by atoms with Gasteiger partial charge in [-0.1, -0.05) is 13.3 Å². The van der Waals surface area contributed by atoms with Crippen LogP contribution in [0.1, 0.15) is 38.2 Å². The SMILES string of the molecule is CCCCOCCCNc1ccc(N)cc1C(F)F. The van der Waals surface area contributed by atoms with Crippen LogP contribution in [0.25, 0.3) is 0 Å². The Morgan fingerprint density at radius 3 is 2.68 bits per heavy atom. The van der Waals surface area contributed by atoms with E-state index in [2.05, 4.69) is 12.2 Å². The molecule has 0 fully saturated rings. The molecule has 0 atom stereocenters. The lowest BCUT2D eigenvalue weighted by Gasteiger charge is -2.12. The van der Waals surface area contributed by atoms with Gasteiger partial charge in [0.1, 0.15) is 0 Å². The Morgan fingerprint density at radius 1 is 1.26 bits per heavy atom. The minimum absolute atomic E-state index is 0.0492. The van der Waals surface area contributed by atoms with E-state index in [0.29, 0.717) is 24.5 Å². The number of nitrogens with one attached hydrogen (secondary N) is 1. The average molecular weight is 272 g/mol. The lowest BCUT2D eigenvalue weighted by atomic mass is 10.1. The van der Waals surface area contributed by atoms with Crippen molar-refractivity contribution in [1.82, 2.24) is 0 Å². The fourth-order valence-electron chi connectivity index (χ4n) is 1.67. The zero-order valence-corrected chi connectivity index (χ0v) is 11.3. The summed E-state index contributed by atoms with van der Waals surface area (Å²) >= 11 is 0. The van der Waals surface area contributed by atoms with Crippen molar-refractivity contribution in [2.75, 3.05) is 30.8 Å². The molecule has 3 nitrogen and oxygen atoms in total. The van der Waals surface area contributed by atoms with Crippen molar-refractivity contribution in [1.29, 1.82) is 0 Å². The van der Waals surface area contributed by atoms with Gasteiger partial charge in [-0.3, -0.25) is 0 Å². The average Bonchev–Trinajstić information content (AvgIpc) is 2.39. The predicted molar refractivity (Wildman–Crippen MR) is 74.6 cm³/mol. The molecular formula is C14H22F2N2O. The Kier molecular flexibility index (Phi) is 7.18. The predicted octanol–water partition coefficient (Wildman–Crippen LogP) is 3.83. The molecule has 0 aliphatic heterocycles. The van der Waals surface area contributed by atoms with Crippen LogP contribution in [0.5, 0.6) is 0 Å². The number of alkyl halides is 2. The van der Waals surface area contributed by atoms with Crippen LogP contribution in [0.4, 0.5) is 20.2 Å². The molecule has 0 aliphatic carbocycles. The zero-order valence-electron chi connectivity index (χ0n) is 11.3. The lowest BCUT2D eigenvalue weighted by Crippen LogP contribution is -2.08. The first-order valence-corrected chi connectivity index (χ1v) is 6.64. The summed E-state index contributed by atoms with van der Waals surface area (Å²) in [5.41, 5.74) is 6.25. The fraction of sp³-hybridized carbons (Fsp3) is 0.571. The first kappa shape index (κ1) is 15.7. The van der Waals surface area contributed by atoms with Crippen molar-refractivity contribution in [3.8, 4) is 0 Å². The highest BCUT2D eigenvalue weighted by atomic mass is 19.3. The maximum Gasteiger partial charge on any atom is 0.265 e. The number of anilines is 2. The lowest BCUT2D eigenvalue weighted by molar-refractivity contribution is 0.131. The first-order valence-electron chi connectivity index (χ1n) is 6.64. The van der Waals surface area contributed by atoms with Crippen LogP contribution in [0.2, 0.25) is 0 Å². The summed E-state index contributed by atoms with van der Waals surface area (Å²) in [6.07, 6.45) is 0.436. The molecule has 0 unspecified atom stereocenters. The van der Waals surface area contributed by atoms with Crippen LogP contribution in [-0.2, 0) is 4.74 Å². The standard InChI is InChI=1S/C14H22F2N2O/c1-2-3-8-19-9-4-7-18-13-6-5-11(17)10-12(13)14(15)16/h5-6,10,14,18H,2-4,7-9,17H2,1H3. The monoisotopic (exact) mass is 272 g/mol. The second-order valence-electron chi connectivity index (χ2n) is 4.39. The Hall–Kier alpha value is -1.36. The molecule has 1 aromatic rings. The van der Waals surface area contributed by atoms with Crippen LogP contribution in [0.3, 0.4) is 0 Å². The summed E-state index contributed by atoms with van der Waals surface area (Å²) in [7, 11) is 0. The number of benzene rings is 1. The van der Waals surface area contributed by atoms with E-state index in [0.717, 1.165) is 25.9 Å². The maximum absolute atomic E-state index is 12.8. The molecule has 0 aromatic heterocycles. The van der Waals surface area contributed by atoms with E-state index in [1.165, 1.54) is 6.07 Å². The number of nitrogens with two attached hydrogens (primary N) is 1. The highest BCUT2D eigenvalue weighted by Gasteiger charge is 2.12. The van der Waals surface area contributed by atoms with Gasteiger partial charge in [0.05, 0.1) is 0 Å². The van der Waals surface area contributed by atoms with Gasteiger partial charge in [-0.05, 0) is 31.0 Å². The van der Waals surface area contributed by atoms with E-state index in [4.69, 9.17) is 10.5 Å². The van der Waals surface area contributed by atoms with Crippen molar-refractivity contribution in [3.63, 3.8) is 0 Å². The Balaban J connectivity index is 2.33. The minimum atomic E-state index is -2.52. The van der Waals surface area contributed by atoms with Crippen LogP contribution in [-0.4, -0.2) is 19.8 Å². The molecular weight excluding hydrogens is 250 g/mol. The van der Waals surface area contributed by atoms with Crippen molar-refractivity contribution >= 4 is 11.4 Å². The maximum atomic E-state index is 12.8. The third kappa shape index (κ3) is 5.87. The molecule has 19 heavy (non-hydrogen) atoms. The molecule has 0 amide bonds. The summed E-state index contributed by atoms with van der Waals surface area (Å²) in [6, 6.07) is 4.52. The summed E-state index contributed by atoms with van der Waals surface area (Å²) in [5.74, 6) is 0. The Morgan fingerprint density at radius 2 is 2.00 bits per heavy atom. The number of hydrogen-bond acceptors (Lipinski definition) is 3. The van der Waals surface area contributed by atoms with Gasteiger partial charge >= 0.3 is 0 Å². The van der Waals surface area contributed by atoms with Crippen LogP contribution in [0.15, 0.2) is 18.2 Å². The van der Waals surface area contributed by atoms with Gasteiger partial charge in [-0.15, -0.1) is 0 Å². The second kappa shape index (κ2) is 8.69. The normalized spacial score (nSPS) is 10.9. The summed E-state index contributed by atoms with van der Waals surface area (Å²) in [6.45, 7) is 4.13. The molecule has 1 aromatic carbocycles. The molecule has 5 heteroatoms. The Labute approximate surface area is 113 Å². The van der Waals surface area contributed by atoms with Gasteiger partial charge in [0.2, 0.25) is 0 Å². The van der Waals surface area contributed by atoms with E-state index in [1.54, 1.807) is 12.1 Å². The molecule has 0 saturated carbocycles. The molecule has 0 radical (unpaired) electrons. The minimum Gasteiger partial charge on any atom is -0.399 e. The highest BCUT2D eigenvalue weighted by Crippen LogP contribution is 2.28. The van der Waals surface area contributed by atoms with Crippen molar-refractivity contribution in [3.05, 3.63) is 23.8 Å². The van der Waals surface area contributed by atoms with E-state index in [1.807, 2.05) is 0 Å². The van der Waals surface area contributed by atoms with Gasteiger partial charge in [-0.2, -0.15) is 0 Å². The molecule has 1 rings (SSSR count). The van der Waals surface area contributed by atoms with E-state index in [9.17, 15) is 8.78 Å². The van der Waals surface area contributed by atoms with Crippen molar-refractivity contribution < 1.29 is 13.5 Å². The summed E-state index contributed by atoms with van der Waals surface area (Å²) in [5, 5.41) is 3.00. The van der Waals surface area contributed by atoms with Crippen molar-refractivity contribution in [2.45, 2.75) is 32.6 Å². The topological polar surface area (TPSA) is 47.3 Å². The zero-order chi connectivity index (χ0) is 14.1. The summed E-state index contributed by atoms with van der Waals surface area (Å²) < 4.78 is 31.0. The van der Waals surface area contributed by atoms with Gasteiger partial charge in [0, 0.05) is 36.7 Å². The molecule has 0 heterocycles. The third-order valence-corrected chi connectivity index (χ3v) is 2.73.